The predicted molar refractivity (Wildman–Crippen MR) is 133 cm³/mol. The monoisotopic (exact) mass is 451 g/mol. The quantitative estimate of drug-likeness (QED) is 0.364. The molecule has 0 spiro atoms. The highest BCUT2D eigenvalue weighted by atomic mass is 16.5. The molecule has 0 aliphatic carbocycles. The number of nitrogens with one attached hydrogen (secondary N) is 1. The lowest BCUT2D eigenvalue weighted by Crippen LogP contribution is -2.18. The Kier molecular flexibility index (Phi) is 5.82. The van der Waals surface area contributed by atoms with E-state index in [2.05, 4.69) is 10.3 Å². The van der Waals surface area contributed by atoms with E-state index in [1.54, 1.807) is 20.4 Å². The summed E-state index contributed by atoms with van der Waals surface area (Å²) in [6.45, 7) is 0. The Labute approximate surface area is 198 Å². The summed E-state index contributed by atoms with van der Waals surface area (Å²) >= 11 is 0. The van der Waals surface area contributed by atoms with Gasteiger partial charge in [-0.1, -0.05) is 42.5 Å². The van der Waals surface area contributed by atoms with Crippen molar-refractivity contribution < 1.29 is 9.47 Å². The molecule has 0 amide bonds. The molecule has 0 fully saturated rings. The van der Waals surface area contributed by atoms with Crippen LogP contribution in [0.3, 0.4) is 0 Å². The summed E-state index contributed by atoms with van der Waals surface area (Å²) in [7, 11) is 5.26. The molecule has 0 aliphatic heterocycles. The van der Waals surface area contributed by atoms with Gasteiger partial charge in [0.2, 0.25) is 0 Å². The van der Waals surface area contributed by atoms with Gasteiger partial charge in [-0.25, -0.2) is 15.0 Å². The lowest BCUT2D eigenvalue weighted by molar-refractivity contribution is 0.393. The summed E-state index contributed by atoms with van der Waals surface area (Å²) in [6.07, 6.45) is 3.71. The van der Waals surface area contributed by atoms with Gasteiger partial charge in [0.25, 0.3) is 0 Å². The van der Waals surface area contributed by atoms with Crippen molar-refractivity contribution in [3.8, 4) is 22.9 Å². The second-order valence-electron chi connectivity index (χ2n) is 7.90. The molecule has 1 N–H and O–H groups in total. The third kappa shape index (κ3) is 4.15. The number of rotatable bonds is 7. The maximum atomic E-state index is 5.53. The normalized spacial score (nSPS) is 11.9. The fraction of sp³-hybridized carbons (Fsp3) is 0.148. The third-order valence-electron chi connectivity index (χ3n) is 5.74. The van der Waals surface area contributed by atoms with Crippen LogP contribution >= 0.6 is 0 Å². The van der Waals surface area contributed by atoms with Gasteiger partial charge in [0.05, 0.1) is 19.7 Å². The zero-order valence-electron chi connectivity index (χ0n) is 19.3. The molecular weight excluding hydrogens is 426 g/mol. The van der Waals surface area contributed by atoms with Crippen molar-refractivity contribution >= 4 is 16.7 Å². The van der Waals surface area contributed by atoms with E-state index in [-0.39, 0.29) is 6.04 Å². The zero-order valence-corrected chi connectivity index (χ0v) is 19.3. The Hall–Kier alpha value is -4.39. The Morgan fingerprint density at radius 3 is 2.24 bits per heavy atom. The molecule has 1 atom stereocenters. The summed E-state index contributed by atoms with van der Waals surface area (Å²) in [4.78, 5) is 14.4. The highest BCUT2D eigenvalue weighted by molar-refractivity contribution is 5.90. The molecular formula is C27H25N5O2. The van der Waals surface area contributed by atoms with E-state index in [0.29, 0.717) is 17.3 Å². The SMILES string of the molecule is COc1cc(OC)cc([C@@H](Nc2nc(-c3ccccc3)nc3ccccc23)c2nccn2C)c1. The molecule has 7 heteroatoms. The first-order chi connectivity index (χ1) is 16.7. The number of methoxy groups -OCH3 is 2. The van der Waals surface area contributed by atoms with Crippen LogP contribution in [0.5, 0.6) is 11.5 Å². The van der Waals surface area contributed by atoms with Crippen LogP contribution in [0.25, 0.3) is 22.3 Å². The lowest BCUT2D eigenvalue weighted by Gasteiger charge is -2.22. The molecule has 34 heavy (non-hydrogen) atoms. The Morgan fingerprint density at radius 1 is 0.853 bits per heavy atom. The van der Waals surface area contributed by atoms with Crippen molar-refractivity contribution in [2.24, 2.45) is 7.05 Å². The molecule has 3 aromatic carbocycles. The van der Waals surface area contributed by atoms with Gasteiger partial charge in [0, 0.05) is 36.5 Å². The van der Waals surface area contributed by atoms with E-state index in [1.165, 1.54) is 0 Å². The first-order valence-electron chi connectivity index (χ1n) is 10.9. The highest BCUT2D eigenvalue weighted by Crippen LogP contribution is 2.34. The molecule has 0 radical (unpaired) electrons. The van der Waals surface area contributed by atoms with Crippen LogP contribution in [-0.2, 0) is 7.05 Å². The van der Waals surface area contributed by atoms with Crippen molar-refractivity contribution in [3.05, 3.63) is 96.6 Å². The minimum Gasteiger partial charge on any atom is -0.497 e. The van der Waals surface area contributed by atoms with Gasteiger partial charge in [0.15, 0.2) is 5.82 Å². The van der Waals surface area contributed by atoms with Crippen LogP contribution in [0.15, 0.2) is 85.2 Å². The molecule has 0 saturated carbocycles. The molecule has 0 saturated heterocycles. The van der Waals surface area contributed by atoms with E-state index < -0.39 is 0 Å². The number of hydrogen-bond donors (Lipinski definition) is 1. The van der Waals surface area contributed by atoms with E-state index in [9.17, 15) is 0 Å². The molecule has 0 unspecified atom stereocenters. The van der Waals surface area contributed by atoms with Gasteiger partial charge in [-0.3, -0.25) is 0 Å². The van der Waals surface area contributed by atoms with Gasteiger partial charge in [-0.2, -0.15) is 0 Å². The van der Waals surface area contributed by atoms with Gasteiger partial charge >= 0.3 is 0 Å². The number of hydrogen-bond acceptors (Lipinski definition) is 6. The van der Waals surface area contributed by atoms with Crippen LogP contribution < -0.4 is 14.8 Å². The molecule has 5 rings (SSSR count). The van der Waals surface area contributed by atoms with Gasteiger partial charge in [0.1, 0.15) is 29.2 Å². The second-order valence-corrected chi connectivity index (χ2v) is 7.90. The van der Waals surface area contributed by atoms with E-state index >= 15 is 0 Å². The summed E-state index contributed by atoms with van der Waals surface area (Å²) in [5, 5.41) is 4.58. The van der Waals surface area contributed by atoms with E-state index in [4.69, 9.17) is 19.4 Å². The molecule has 5 aromatic rings. The topological polar surface area (TPSA) is 74.1 Å². The van der Waals surface area contributed by atoms with E-state index in [0.717, 1.165) is 33.7 Å². The lowest BCUT2D eigenvalue weighted by atomic mass is 10.0. The second kappa shape index (κ2) is 9.23. The number of aromatic nitrogens is 4. The van der Waals surface area contributed by atoms with Crippen molar-refractivity contribution in [2.75, 3.05) is 19.5 Å². The Morgan fingerprint density at radius 2 is 1.56 bits per heavy atom. The predicted octanol–water partition coefficient (Wildman–Crippen LogP) is 5.25. The maximum Gasteiger partial charge on any atom is 0.162 e. The van der Waals surface area contributed by atoms with Crippen molar-refractivity contribution in [2.45, 2.75) is 6.04 Å². The number of benzene rings is 3. The molecule has 2 aromatic heterocycles. The summed E-state index contributed by atoms with van der Waals surface area (Å²) < 4.78 is 13.1. The van der Waals surface area contributed by atoms with E-state index in [1.807, 2.05) is 90.6 Å². The molecule has 7 nitrogen and oxygen atoms in total. The number of imidazole rings is 1. The van der Waals surface area contributed by atoms with Crippen LogP contribution in [0, 0.1) is 0 Å². The fourth-order valence-electron chi connectivity index (χ4n) is 3.99. The highest BCUT2D eigenvalue weighted by Gasteiger charge is 2.22. The largest absolute Gasteiger partial charge is 0.497 e. The zero-order chi connectivity index (χ0) is 23.5. The van der Waals surface area contributed by atoms with Crippen molar-refractivity contribution in [1.82, 2.24) is 19.5 Å². The number of anilines is 1. The summed E-state index contributed by atoms with van der Waals surface area (Å²) in [6, 6.07) is 23.5. The average Bonchev–Trinajstić information content (AvgIpc) is 3.32. The van der Waals surface area contributed by atoms with Crippen LogP contribution in [0.1, 0.15) is 17.4 Å². The number of fused-ring (bicyclic) bond motifs is 1. The van der Waals surface area contributed by atoms with Crippen LogP contribution in [0.2, 0.25) is 0 Å². The van der Waals surface area contributed by atoms with Gasteiger partial charge < -0.3 is 19.4 Å². The minimum atomic E-state index is -0.314. The van der Waals surface area contributed by atoms with Gasteiger partial charge in [-0.05, 0) is 29.8 Å². The third-order valence-corrected chi connectivity index (χ3v) is 5.74. The Balaban J connectivity index is 1.68. The smallest absolute Gasteiger partial charge is 0.162 e. The molecule has 0 bridgehead atoms. The van der Waals surface area contributed by atoms with Crippen LogP contribution in [-0.4, -0.2) is 33.7 Å². The van der Waals surface area contributed by atoms with Gasteiger partial charge in [-0.15, -0.1) is 0 Å². The molecule has 2 heterocycles. The van der Waals surface area contributed by atoms with Crippen molar-refractivity contribution in [3.63, 3.8) is 0 Å². The first kappa shape index (κ1) is 21.5. The minimum absolute atomic E-state index is 0.314. The standard InChI is InChI=1S/C27H25N5O2/c1-32-14-13-28-27(32)24(19-15-20(33-2)17-21(16-19)34-3)30-26-22-11-7-8-12-23(22)29-25(31-26)18-9-5-4-6-10-18/h4-17,24H,1-3H3,(H,29,30,31)/t24-/m1/s1. The number of ether oxygens (including phenoxy) is 2. The van der Waals surface area contributed by atoms with Crippen LogP contribution in [0.4, 0.5) is 5.82 Å². The fourth-order valence-corrected chi connectivity index (χ4v) is 3.99. The molecule has 170 valence electrons. The number of aryl methyl sites for hydroxylation is 1. The number of nitrogens with zero attached hydrogens (tertiary/aromatic N) is 4. The summed E-state index contributed by atoms with van der Waals surface area (Å²) in [5.74, 6) is 3.61. The summed E-state index contributed by atoms with van der Waals surface area (Å²) in [5.41, 5.74) is 2.75. The first-order valence-corrected chi connectivity index (χ1v) is 10.9. The number of para-hydroxylation sites is 1. The van der Waals surface area contributed by atoms with Crippen molar-refractivity contribution in [1.29, 1.82) is 0 Å². The maximum absolute atomic E-state index is 5.53. The Bertz CT molecular complexity index is 1410. The average molecular weight is 452 g/mol. The molecule has 0 aliphatic rings.